The first-order valence-corrected chi connectivity index (χ1v) is 17.7. The predicted octanol–water partition coefficient (Wildman–Crippen LogP) is 12.0. The predicted molar refractivity (Wildman–Crippen MR) is 194 cm³/mol. The van der Waals surface area contributed by atoms with Crippen LogP contribution in [0.5, 0.6) is 0 Å². The van der Waals surface area contributed by atoms with Crippen molar-refractivity contribution >= 4 is 11.9 Å². The second kappa shape index (κ2) is 37.0. The third kappa shape index (κ3) is 37.0. The molecule has 252 valence electrons. The average Bonchev–Trinajstić information content (AvgIpc) is 3.04. The quantitative estimate of drug-likeness (QED) is 0.0455. The van der Waals surface area contributed by atoms with Crippen LogP contribution in [0.1, 0.15) is 136 Å². The van der Waals surface area contributed by atoms with Crippen LogP contribution in [0.2, 0.25) is 0 Å². The SMILES string of the molecule is CC/C=C\C/C=C\C/C=C\C/C=C\C/C=C\CCCC(=O)OCCCOC(=O)CCCC/C=C\C/C=C\C/C=C\CCCCC. The van der Waals surface area contributed by atoms with Crippen molar-refractivity contribution in [1.29, 1.82) is 0 Å². The minimum absolute atomic E-state index is 0.173. The summed E-state index contributed by atoms with van der Waals surface area (Å²) in [6, 6.07) is 0. The van der Waals surface area contributed by atoms with Gasteiger partial charge in [0, 0.05) is 19.3 Å². The second-order valence-corrected chi connectivity index (χ2v) is 11.0. The van der Waals surface area contributed by atoms with E-state index < -0.39 is 0 Å². The zero-order chi connectivity index (χ0) is 32.7. The number of ether oxygens (including phenoxy) is 2. The van der Waals surface area contributed by atoms with Gasteiger partial charge in [0.1, 0.15) is 0 Å². The van der Waals surface area contributed by atoms with Crippen molar-refractivity contribution in [2.75, 3.05) is 13.2 Å². The van der Waals surface area contributed by atoms with E-state index in [1.807, 2.05) is 0 Å². The Labute approximate surface area is 276 Å². The molecule has 0 aliphatic carbocycles. The second-order valence-electron chi connectivity index (χ2n) is 11.0. The molecule has 4 heteroatoms. The molecular weight excluding hydrogens is 556 g/mol. The highest BCUT2D eigenvalue weighted by Crippen LogP contribution is 2.05. The van der Waals surface area contributed by atoms with Gasteiger partial charge in [-0.05, 0) is 89.9 Å². The standard InChI is InChI=1S/C41H64O4/c1-3-5-7-9-11-13-15-17-19-20-22-24-26-28-30-32-34-37-41(43)45-39-35-38-44-40(42)36-33-31-29-27-25-23-21-18-16-14-12-10-8-6-4-2/h5,7,11-14,17-19,21-22,24-25,27-28,30H,3-4,6,8-10,15-16,20,23,26,29,31-39H2,1-2H3/b7-5-,13-11-,14-12-,19-17-,21-18-,24-22-,27-25-,30-28-. The molecule has 0 saturated heterocycles. The van der Waals surface area contributed by atoms with Gasteiger partial charge in [0.05, 0.1) is 13.2 Å². The molecule has 0 N–H and O–H groups in total. The molecule has 4 nitrogen and oxygen atoms in total. The molecule has 0 unspecified atom stereocenters. The lowest BCUT2D eigenvalue weighted by Gasteiger charge is -2.06. The molecule has 0 spiro atoms. The maximum atomic E-state index is 11.9. The summed E-state index contributed by atoms with van der Waals surface area (Å²) in [4.78, 5) is 23.8. The lowest BCUT2D eigenvalue weighted by Crippen LogP contribution is -2.10. The van der Waals surface area contributed by atoms with Crippen molar-refractivity contribution < 1.29 is 19.1 Å². The molecule has 0 aromatic heterocycles. The van der Waals surface area contributed by atoms with Gasteiger partial charge in [-0.3, -0.25) is 9.59 Å². The largest absolute Gasteiger partial charge is 0.466 e. The van der Waals surface area contributed by atoms with Gasteiger partial charge in [-0.1, -0.05) is 124 Å². The van der Waals surface area contributed by atoms with Crippen molar-refractivity contribution in [2.45, 2.75) is 136 Å². The Kier molecular flexibility index (Phi) is 34.5. The summed E-state index contributed by atoms with van der Waals surface area (Å²) in [5, 5.41) is 0. The molecule has 0 radical (unpaired) electrons. The number of carbonyl (C=O) groups is 2. The summed E-state index contributed by atoms with van der Waals surface area (Å²) >= 11 is 0. The fourth-order valence-corrected chi connectivity index (χ4v) is 4.13. The van der Waals surface area contributed by atoms with Crippen LogP contribution in [-0.2, 0) is 19.1 Å². The Hall–Kier alpha value is -3.14. The normalized spacial score (nSPS) is 12.7. The van der Waals surface area contributed by atoms with Crippen LogP contribution < -0.4 is 0 Å². The molecule has 0 amide bonds. The molecule has 0 saturated carbocycles. The van der Waals surface area contributed by atoms with E-state index in [1.165, 1.54) is 25.7 Å². The van der Waals surface area contributed by atoms with E-state index in [1.54, 1.807) is 0 Å². The van der Waals surface area contributed by atoms with E-state index >= 15 is 0 Å². The zero-order valence-corrected chi connectivity index (χ0v) is 28.7. The van der Waals surface area contributed by atoms with Gasteiger partial charge >= 0.3 is 11.9 Å². The third-order valence-electron chi connectivity index (χ3n) is 6.74. The van der Waals surface area contributed by atoms with Gasteiger partial charge in [0.2, 0.25) is 0 Å². The Morgan fingerprint density at radius 1 is 0.400 bits per heavy atom. The molecule has 0 aromatic carbocycles. The summed E-state index contributed by atoms with van der Waals surface area (Å²) in [6.07, 6.45) is 53.0. The maximum absolute atomic E-state index is 11.9. The first-order chi connectivity index (χ1) is 22.2. The Balaban J connectivity index is 3.54. The van der Waals surface area contributed by atoms with Gasteiger partial charge in [-0.15, -0.1) is 0 Å². The van der Waals surface area contributed by atoms with E-state index in [0.29, 0.717) is 32.5 Å². The number of esters is 2. The van der Waals surface area contributed by atoms with Crippen LogP contribution in [0.3, 0.4) is 0 Å². The molecule has 0 aliphatic heterocycles. The van der Waals surface area contributed by atoms with Crippen LogP contribution in [0.25, 0.3) is 0 Å². The molecule has 0 atom stereocenters. The summed E-state index contributed by atoms with van der Waals surface area (Å²) in [5.41, 5.74) is 0. The molecule has 0 aliphatic rings. The van der Waals surface area contributed by atoms with Crippen LogP contribution in [-0.4, -0.2) is 25.2 Å². The first kappa shape index (κ1) is 41.9. The van der Waals surface area contributed by atoms with Gasteiger partial charge in [-0.25, -0.2) is 0 Å². The lowest BCUT2D eigenvalue weighted by molar-refractivity contribution is -0.146. The smallest absolute Gasteiger partial charge is 0.305 e. The van der Waals surface area contributed by atoms with Gasteiger partial charge < -0.3 is 9.47 Å². The van der Waals surface area contributed by atoms with Crippen LogP contribution >= 0.6 is 0 Å². The van der Waals surface area contributed by atoms with Crippen molar-refractivity contribution in [3.8, 4) is 0 Å². The fraction of sp³-hybridized carbons (Fsp3) is 0.561. The van der Waals surface area contributed by atoms with Gasteiger partial charge in [0.25, 0.3) is 0 Å². The van der Waals surface area contributed by atoms with Gasteiger partial charge in [0.15, 0.2) is 0 Å². The highest BCUT2D eigenvalue weighted by molar-refractivity contribution is 5.69. The summed E-state index contributed by atoms with van der Waals surface area (Å²) in [5.74, 6) is -0.361. The van der Waals surface area contributed by atoms with Gasteiger partial charge in [-0.2, -0.15) is 0 Å². The number of carbonyl (C=O) groups excluding carboxylic acids is 2. The zero-order valence-electron chi connectivity index (χ0n) is 28.7. The maximum Gasteiger partial charge on any atom is 0.305 e. The third-order valence-corrected chi connectivity index (χ3v) is 6.74. The number of rotatable bonds is 30. The highest BCUT2D eigenvalue weighted by Gasteiger charge is 2.04. The van der Waals surface area contributed by atoms with E-state index in [-0.39, 0.29) is 11.9 Å². The minimum atomic E-state index is -0.188. The Bertz CT molecular complexity index is 914. The van der Waals surface area contributed by atoms with Crippen molar-refractivity contribution in [3.63, 3.8) is 0 Å². The van der Waals surface area contributed by atoms with Crippen LogP contribution in [0, 0.1) is 0 Å². The fourth-order valence-electron chi connectivity index (χ4n) is 4.13. The highest BCUT2D eigenvalue weighted by atomic mass is 16.5. The van der Waals surface area contributed by atoms with E-state index in [4.69, 9.17) is 9.47 Å². The van der Waals surface area contributed by atoms with Crippen molar-refractivity contribution in [3.05, 3.63) is 97.2 Å². The van der Waals surface area contributed by atoms with E-state index in [9.17, 15) is 9.59 Å². The Morgan fingerprint density at radius 2 is 0.756 bits per heavy atom. The van der Waals surface area contributed by atoms with E-state index in [0.717, 1.165) is 77.0 Å². The molecule has 0 heterocycles. The number of hydrogen-bond donors (Lipinski definition) is 0. The number of hydrogen-bond acceptors (Lipinski definition) is 4. The van der Waals surface area contributed by atoms with Crippen LogP contribution in [0.15, 0.2) is 97.2 Å². The molecule has 45 heavy (non-hydrogen) atoms. The summed E-state index contributed by atoms with van der Waals surface area (Å²) < 4.78 is 10.5. The van der Waals surface area contributed by atoms with Crippen molar-refractivity contribution in [1.82, 2.24) is 0 Å². The topological polar surface area (TPSA) is 52.6 Å². The number of unbranched alkanes of at least 4 members (excludes halogenated alkanes) is 6. The van der Waals surface area contributed by atoms with E-state index in [2.05, 4.69) is 111 Å². The molecule has 0 rings (SSSR count). The number of allylic oxidation sites excluding steroid dienone is 16. The lowest BCUT2D eigenvalue weighted by atomic mass is 10.1. The Morgan fingerprint density at radius 3 is 1.18 bits per heavy atom. The minimum Gasteiger partial charge on any atom is -0.466 e. The van der Waals surface area contributed by atoms with Crippen LogP contribution in [0.4, 0.5) is 0 Å². The monoisotopic (exact) mass is 620 g/mol. The molecule has 0 bridgehead atoms. The van der Waals surface area contributed by atoms with Crippen molar-refractivity contribution in [2.24, 2.45) is 0 Å². The molecular formula is C41H64O4. The average molecular weight is 621 g/mol. The first-order valence-electron chi connectivity index (χ1n) is 17.7. The molecule has 0 aromatic rings. The summed E-state index contributed by atoms with van der Waals surface area (Å²) in [6.45, 7) is 4.97. The summed E-state index contributed by atoms with van der Waals surface area (Å²) in [7, 11) is 0. The molecule has 0 fully saturated rings.